The molecule has 1 atom stereocenters. The molecule has 0 saturated carbocycles. The molecule has 4 N–H and O–H groups in total. The van der Waals surface area contributed by atoms with E-state index in [2.05, 4.69) is 5.73 Å². The minimum absolute atomic E-state index is 0. The Labute approximate surface area is 178 Å². The summed E-state index contributed by atoms with van der Waals surface area (Å²) < 4.78 is 33.6. The Morgan fingerprint density at radius 2 is 1.77 bits per heavy atom. The van der Waals surface area contributed by atoms with Crippen LogP contribution < -0.4 is 22.9 Å². The molecule has 3 aromatic rings. The van der Waals surface area contributed by atoms with Crippen LogP contribution in [0.1, 0.15) is 17.5 Å². The summed E-state index contributed by atoms with van der Waals surface area (Å²) in [5.74, 6) is -1.28. The molecule has 156 valence electrons. The first kappa shape index (κ1) is 21.7. The molecule has 1 aliphatic rings. The van der Waals surface area contributed by atoms with Gasteiger partial charge in [0, 0.05) is 30.0 Å². The summed E-state index contributed by atoms with van der Waals surface area (Å²) in [6, 6.07) is 15.9. The number of carbonyl (C=O) groups is 1. The monoisotopic (exact) mass is 431 g/mol. The van der Waals surface area contributed by atoms with Gasteiger partial charge in [-0.1, -0.05) is 24.3 Å². The van der Waals surface area contributed by atoms with E-state index in [0.29, 0.717) is 36.3 Å². The highest BCUT2D eigenvalue weighted by Gasteiger charge is 2.41. The van der Waals surface area contributed by atoms with E-state index in [4.69, 9.17) is 4.74 Å². The lowest BCUT2D eigenvalue weighted by Gasteiger charge is -2.28. The molecule has 0 fully saturated rings. The highest BCUT2D eigenvalue weighted by Crippen LogP contribution is 2.36. The fourth-order valence-electron chi connectivity index (χ4n) is 3.70. The third kappa shape index (κ3) is 4.15. The number of aliphatic carboxylic acids is 1. The lowest BCUT2D eigenvalue weighted by Crippen LogP contribution is -3.00. The van der Waals surface area contributed by atoms with Crippen LogP contribution in [-0.4, -0.2) is 16.6 Å². The molecule has 30 heavy (non-hydrogen) atoms. The zero-order chi connectivity index (χ0) is 20.6. The van der Waals surface area contributed by atoms with Crippen molar-refractivity contribution in [1.82, 2.24) is 0 Å². The average molecular weight is 432 g/mol. The SMILES string of the molecule is [Cl-].[NH3+]C1(C(=O)O)CCc2ccc(Oc3ccccc3-c3ccc(F)cc3F)cc2C1. The van der Waals surface area contributed by atoms with Gasteiger partial charge in [-0.2, -0.15) is 0 Å². The van der Waals surface area contributed by atoms with Gasteiger partial charge in [0.05, 0.1) is 0 Å². The largest absolute Gasteiger partial charge is 1.00 e. The summed E-state index contributed by atoms with van der Waals surface area (Å²) >= 11 is 0. The number of hydrogen-bond acceptors (Lipinski definition) is 2. The maximum atomic E-state index is 14.3. The van der Waals surface area contributed by atoms with Crippen LogP contribution in [0.2, 0.25) is 0 Å². The Bertz CT molecular complexity index is 1110. The van der Waals surface area contributed by atoms with Gasteiger partial charge in [-0.15, -0.1) is 0 Å². The lowest BCUT2D eigenvalue weighted by atomic mass is 9.78. The third-order valence-corrected chi connectivity index (χ3v) is 5.37. The van der Waals surface area contributed by atoms with Crippen molar-refractivity contribution >= 4 is 5.97 Å². The number of carboxylic acids is 1. The van der Waals surface area contributed by atoms with Crippen molar-refractivity contribution < 1.29 is 41.6 Å². The highest BCUT2D eigenvalue weighted by atomic mass is 35.5. The first-order valence-corrected chi connectivity index (χ1v) is 9.29. The quantitative estimate of drug-likeness (QED) is 0.647. The number of ether oxygens (including phenoxy) is 1. The minimum Gasteiger partial charge on any atom is -1.00 e. The molecular weight excluding hydrogens is 412 g/mol. The molecular formula is C23H20ClF2NO3. The van der Waals surface area contributed by atoms with Crippen molar-refractivity contribution in [3.05, 3.63) is 83.4 Å². The molecule has 0 spiro atoms. The third-order valence-electron chi connectivity index (χ3n) is 5.37. The topological polar surface area (TPSA) is 74.2 Å². The molecule has 3 aromatic carbocycles. The Morgan fingerprint density at radius 3 is 2.50 bits per heavy atom. The standard InChI is InChI=1S/C23H19F2NO3.ClH/c24-16-6-8-18(20(25)12-16)19-3-1-2-4-21(19)29-17-7-5-14-9-10-23(26,22(27)28)13-15(14)11-17;/h1-8,11-12H,9-10,13,26H2,(H,27,28);1H. The zero-order valence-electron chi connectivity index (χ0n) is 16.0. The summed E-state index contributed by atoms with van der Waals surface area (Å²) in [6.07, 6.45) is 1.45. The minimum atomic E-state index is -1.04. The number of rotatable bonds is 4. The number of benzene rings is 3. The van der Waals surface area contributed by atoms with Gasteiger partial charge in [-0.05, 0) is 47.9 Å². The molecule has 0 radical (unpaired) electrons. The van der Waals surface area contributed by atoms with Gasteiger partial charge in [0.25, 0.3) is 0 Å². The van der Waals surface area contributed by atoms with Gasteiger partial charge < -0.3 is 28.0 Å². The number of quaternary nitrogens is 1. The Kier molecular flexibility index (Phi) is 6.10. The molecule has 0 amide bonds. The van der Waals surface area contributed by atoms with Gasteiger partial charge in [0.1, 0.15) is 23.1 Å². The molecule has 0 bridgehead atoms. The molecule has 0 saturated heterocycles. The lowest BCUT2D eigenvalue weighted by molar-refractivity contribution is -0.464. The summed E-state index contributed by atoms with van der Waals surface area (Å²) in [4.78, 5) is 11.6. The summed E-state index contributed by atoms with van der Waals surface area (Å²) in [5, 5.41) is 9.48. The van der Waals surface area contributed by atoms with Crippen LogP contribution in [-0.2, 0) is 17.6 Å². The predicted molar refractivity (Wildman–Crippen MR) is 104 cm³/mol. The molecule has 4 rings (SSSR count). The van der Waals surface area contributed by atoms with Crippen molar-refractivity contribution in [1.29, 1.82) is 0 Å². The van der Waals surface area contributed by atoms with Gasteiger partial charge in [-0.3, -0.25) is 0 Å². The van der Waals surface area contributed by atoms with Crippen LogP contribution in [0.3, 0.4) is 0 Å². The maximum Gasteiger partial charge on any atom is 0.365 e. The molecule has 7 heteroatoms. The second kappa shape index (κ2) is 8.42. The van der Waals surface area contributed by atoms with Crippen LogP contribution in [0, 0.1) is 11.6 Å². The van der Waals surface area contributed by atoms with E-state index in [-0.39, 0.29) is 18.0 Å². The smallest absolute Gasteiger partial charge is 0.365 e. The summed E-state index contributed by atoms with van der Waals surface area (Å²) in [6.45, 7) is 0. The number of hydrogen-bond donors (Lipinski definition) is 2. The zero-order valence-corrected chi connectivity index (χ0v) is 16.8. The summed E-state index contributed by atoms with van der Waals surface area (Å²) in [5.41, 5.74) is 5.56. The highest BCUT2D eigenvalue weighted by molar-refractivity contribution is 5.78. The van der Waals surface area contributed by atoms with Crippen molar-refractivity contribution in [3.63, 3.8) is 0 Å². The van der Waals surface area contributed by atoms with Crippen molar-refractivity contribution in [2.75, 3.05) is 0 Å². The van der Waals surface area contributed by atoms with Gasteiger partial charge in [0.15, 0.2) is 5.54 Å². The van der Waals surface area contributed by atoms with Crippen molar-refractivity contribution in [2.24, 2.45) is 0 Å². The molecule has 1 aliphatic carbocycles. The van der Waals surface area contributed by atoms with Gasteiger partial charge in [-0.25, -0.2) is 13.6 Å². The predicted octanol–water partition coefficient (Wildman–Crippen LogP) is 0.982. The van der Waals surface area contributed by atoms with Crippen LogP contribution in [0.15, 0.2) is 60.7 Å². The normalized spacial score (nSPS) is 17.6. The van der Waals surface area contributed by atoms with Crippen LogP contribution in [0.5, 0.6) is 11.5 Å². The van der Waals surface area contributed by atoms with E-state index in [9.17, 15) is 18.7 Å². The van der Waals surface area contributed by atoms with E-state index >= 15 is 0 Å². The maximum absolute atomic E-state index is 14.3. The van der Waals surface area contributed by atoms with Crippen LogP contribution in [0.25, 0.3) is 11.1 Å². The average Bonchev–Trinajstić information content (AvgIpc) is 2.68. The van der Waals surface area contributed by atoms with E-state index < -0.39 is 23.1 Å². The molecule has 0 aromatic heterocycles. The molecule has 4 nitrogen and oxygen atoms in total. The van der Waals surface area contributed by atoms with E-state index in [1.807, 2.05) is 18.2 Å². The number of fused-ring (bicyclic) bond motifs is 1. The Hall–Kier alpha value is -2.96. The van der Waals surface area contributed by atoms with Gasteiger partial charge >= 0.3 is 5.97 Å². The molecule has 0 aliphatic heterocycles. The molecule has 0 heterocycles. The number of carboxylic acid groups (broad SMARTS) is 1. The number of halogens is 3. The van der Waals surface area contributed by atoms with E-state index in [1.54, 1.807) is 24.3 Å². The second-order valence-electron chi connectivity index (χ2n) is 7.42. The van der Waals surface area contributed by atoms with E-state index in [1.165, 1.54) is 12.1 Å². The molecule has 1 unspecified atom stereocenters. The van der Waals surface area contributed by atoms with E-state index in [0.717, 1.165) is 17.2 Å². The fourth-order valence-corrected chi connectivity index (χ4v) is 3.70. The van der Waals surface area contributed by atoms with Crippen molar-refractivity contribution in [2.45, 2.75) is 24.8 Å². The second-order valence-corrected chi connectivity index (χ2v) is 7.42. The Balaban J connectivity index is 0.00000256. The number of para-hydroxylation sites is 1. The van der Waals surface area contributed by atoms with Crippen LogP contribution in [0.4, 0.5) is 8.78 Å². The first-order valence-electron chi connectivity index (χ1n) is 9.29. The van der Waals surface area contributed by atoms with Crippen molar-refractivity contribution in [3.8, 4) is 22.6 Å². The fraction of sp³-hybridized carbons (Fsp3) is 0.174. The Morgan fingerprint density at radius 1 is 1.00 bits per heavy atom. The van der Waals surface area contributed by atoms with Gasteiger partial charge in [0.2, 0.25) is 0 Å². The van der Waals surface area contributed by atoms with Crippen LogP contribution >= 0.6 is 0 Å². The first-order chi connectivity index (χ1) is 13.9. The summed E-state index contributed by atoms with van der Waals surface area (Å²) in [7, 11) is 0. The number of aryl methyl sites for hydroxylation is 1.